The van der Waals surface area contributed by atoms with E-state index in [1.807, 2.05) is 0 Å². The van der Waals surface area contributed by atoms with Gasteiger partial charge in [-0.2, -0.15) is 0 Å². The van der Waals surface area contributed by atoms with E-state index < -0.39 is 0 Å². The van der Waals surface area contributed by atoms with E-state index in [4.69, 9.17) is 0 Å². The van der Waals surface area contributed by atoms with Gasteiger partial charge in [-0.25, -0.2) is 0 Å². The third-order valence-corrected chi connectivity index (χ3v) is 10.2. The van der Waals surface area contributed by atoms with Crippen LogP contribution in [-0.4, -0.2) is 0 Å². The molecule has 0 radical (unpaired) electrons. The average molecular weight is 702 g/mol. The summed E-state index contributed by atoms with van der Waals surface area (Å²) >= 11 is 0. The van der Waals surface area contributed by atoms with E-state index in [9.17, 15) is 0 Å². The molecule has 260 valence electrons. The minimum atomic E-state index is 1.09. The molecule has 0 atom stereocenters. The Bertz CT molecular complexity index is 2590. The Kier molecular flexibility index (Phi) is 9.41. The van der Waals surface area contributed by atoms with Crippen molar-refractivity contribution in [3.8, 4) is 66.8 Å². The first-order valence-corrected chi connectivity index (χ1v) is 18.8. The van der Waals surface area contributed by atoms with Crippen LogP contribution < -0.4 is 4.90 Å². The molecule has 0 amide bonds. The van der Waals surface area contributed by atoms with Crippen LogP contribution in [0.5, 0.6) is 0 Å². The summed E-state index contributed by atoms with van der Waals surface area (Å²) in [6.45, 7) is 0. The number of anilines is 3. The largest absolute Gasteiger partial charge is 0.310 e. The molecule has 0 bridgehead atoms. The van der Waals surface area contributed by atoms with Gasteiger partial charge in [0.15, 0.2) is 0 Å². The molecule has 55 heavy (non-hydrogen) atoms. The zero-order valence-electron chi connectivity index (χ0n) is 30.5. The second-order valence-electron chi connectivity index (χ2n) is 13.8. The molecule has 1 nitrogen and oxygen atoms in total. The molecule has 0 saturated carbocycles. The summed E-state index contributed by atoms with van der Waals surface area (Å²) in [5, 5.41) is 0. The van der Waals surface area contributed by atoms with Crippen molar-refractivity contribution in [3.05, 3.63) is 237 Å². The highest BCUT2D eigenvalue weighted by atomic mass is 15.1. The van der Waals surface area contributed by atoms with E-state index in [1.165, 1.54) is 50.1 Å². The number of hydrogen-bond acceptors (Lipinski definition) is 1. The second kappa shape index (κ2) is 15.4. The molecule has 9 aromatic carbocycles. The number of rotatable bonds is 9. The summed E-state index contributed by atoms with van der Waals surface area (Å²) in [6.07, 6.45) is 0. The van der Waals surface area contributed by atoms with Gasteiger partial charge in [0.05, 0.1) is 5.69 Å². The van der Waals surface area contributed by atoms with E-state index >= 15 is 0 Å². The Morgan fingerprint density at radius 3 is 1.07 bits per heavy atom. The van der Waals surface area contributed by atoms with Crippen LogP contribution in [0.4, 0.5) is 17.1 Å². The first kappa shape index (κ1) is 33.6. The number of benzene rings is 9. The van der Waals surface area contributed by atoms with Crippen LogP contribution in [0.15, 0.2) is 237 Å². The molecule has 0 N–H and O–H groups in total. The fourth-order valence-corrected chi connectivity index (χ4v) is 7.46. The Morgan fingerprint density at radius 2 is 0.564 bits per heavy atom. The van der Waals surface area contributed by atoms with Crippen molar-refractivity contribution in [2.24, 2.45) is 0 Å². The Labute approximate surface area is 324 Å². The third kappa shape index (κ3) is 7.25. The first-order valence-electron chi connectivity index (χ1n) is 18.8. The lowest BCUT2D eigenvalue weighted by Gasteiger charge is -2.29. The monoisotopic (exact) mass is 701 g/mol. The highest BCUT2D eigenvalue weighted by Crippen LogP contribution is 2.44. The van der Waals surface area contributed by atoms with E-state index in [0.717, 1.165) is 33.8 Å². The molecular formula is C54H39N. The van der Waals surface area contributed by atoms with E-state index in [0.29, 0.717) is 0 Å². The highest BCUT2D eigenvalue weighted by molar-refractivity contribution is 5.92. The van der Waals surface area contributed by atoms with Crippen LogP contribution in [0, 0.1) is 0 Å². The van der Waals surface area contributed by atoms with Gasteiger partial charge in [-0.05, 0) is 116 Å². The average Bonchev–Trinajstić information content (AvgIpc) is 3.28. The molecule has 9 aromatic rings. The Hall–Kier alpha value is -7.22. The van der Waals surface area contributed by atoms with Gasteiger partial charge in [-0.1, -0.05) is 182 Å². The third-order valence-electron chi connectivity index (χ3n) is 10.2. The molecule has 0 heterocycles. The van der Waals surface area contributed by atoms with Crippen molar-refractivity contribution in [1.29, 1.82) is 0 Å². The van der Waals surface area contributed by atoms with Crippen molar-refractivity contribution in [2.45, 2.75) is 0 Å². The van der Waals surface area contributed by atoms with Crippen LogP contribution in [0.1, 0.15) is 0 Å². The molecular weight excluding hydrogens is 663 g/mol. The maximum absolute atomic E-state index is 2.41. The summed E-state index contributed by atoms with van der Waals surface area (Å²) in [5.41, 5.74) is 17.5. The molecule has 0 aliphatic carbocycles. The quantitative estimate of drug-likeness (QED) is 0.145. The summed E-state index contributed by atoms with van der Waals surface area (Å²) in [4.78, 5) is 2.41. The second-order valence-corrected chi connectivity index (χ2v) is 13.8. The van der Waals surface area contributed by atoms with Crippen molar-refractivity contribution in [1.82, 2.24) is 0 Å². The van der Waals surface area contributed by atoms with Crippen molar-refractivity contribution >= 4 is 17.1 Å². The van der Waals surface area contributed by atoms with Crippen molar-refractivity contribution < 1.29 is 0 Å². The van der Waals surface area contributed by atoms with Gasteiger partial charge in [0.2, 0.25) is 0 Å². The molecule has 0 aliphatic heterocycles. The van der Waals surface area contributed by atoms with E-state index in [2.05, 4.69) is 241 Å². The molecule has 0 aliphatic rings. The van der Waals surface area contributed by atoms with Crippen molar-refractivity contribution in [2.75, 3.05) is 4.90 Å². The van der Waals surface area contributed by atoms with Crippen LogP contribution in [0.2, 0.25) is 0 Å². The normalized spacial score (nSPS) is 10.9. The van der Waals surface area contributed by atoms with Gasteiger partial charge in [-0.3, -0.25) is 0 Å². The van der Waals surface area contributed by atoms with Gasteiger partial charge in [-0.15, -0.1) is 0 Å². The fourth-order valence-electron chi connectivity index (χ4n) is 7.46. The van der Waals surface area contributed by atoms with Crippen LogP contribution in [0.25, 0.3) is 66.8 Å². The van der Waals surface area contributed by atoms with Gasteiger partial charge in [0, 0.05) is 16.9 Å². The van der Waals surface area contributed by atoms with Gasteiger partial charge >= 0.3 is 0 Å². The van der Waals surface area contributed by atoms with Crippen LogP contribution >= 0.6 is 0 Å². The maximum Gasteiger partial charge on any atom is 0.0540 e. The highest BCUT2D eigenvalue weighted by Gasteiger charge is 2.20. The lowest BCUT2D eigenvalue weighted by atomic mass is 9.91. The standard InChI is InChI=1S/C54H39N/c1-6-17-40(18-7-1)44-29-32-51(33-30-44)55(52-28-16-27-46(38-52)41-19-8-2-9-20-41)54-34-31-47(39-53(54)45-25-14-5-15-26-45)50-36-48(42-21-10-3-11-22-42)35-49(37-50)43-23-12-4-13-24-43/h1-39H. The molecule has 1 heteroatoms. The predicted molar refractivity (Wildman–Crippen MR) is 234 cm³/mol. The SMILES string of the molecule is c1ccc(-c2ccc(N(c3cccc(-c4ccccc4)c3)c3ccc(-c4cc(-c5ccccc5)cc(-c5ccccc5)c4)cc3-c3ccccc3)cc2)cc1. The molecule has 0 unspecified atom stereocenters. The molecule has 0 spiro atoms. The van der Waals surface area contributed by atoms with E-state index in [-0.39, 0.29) is 0 Å². The minimum Gasteiger partial charge on any atom is -0.310 e. The zero-order valence-corrected chi connectivity index (χ0v) is 30.5. The topological polar surface area (TPSA) is 3.24 Å². The first-order chi connectivity index (χ1) is 27.3. The summed E-state index contributed by atoms with van der Waals surface area (Å²) in [5.74, 6) is 0. The molecule has 9 rings (SSSR count). The van der Waals surface area contributed by atoms with Gasteiger partial charge in [0.1, 0.15) is 0 Å². The molecule has 0 aromatic heterocycles. The van der Waals surface area contributed by atoms with Crippen molar-refractivity contribution in [3.63, 3.8) is 0 Å². The van der Waals surface area contributed by atoms with Gasteiger partial charge in [0.25, 0.3) is 0 Å². The van der Waals surface area contributed by atoms with Crippen LogP contribution in [0.3, 0.4) is 0 Å². The Balaban J connectivity index is 1.24. The maximum atomic E-state index is 2.41. The lowest BCUT2D eigenvalue weighted by Crippen LogP contribution is -2.11. The molecule has 0 saturated heterocycles. The number of nitrogens with zero attached hydrogens (tertiary/aromatic N) is 1. The zero-order chi connectivity index (χ0) is 36.8. The summed E-state index contributed by atoms with van der Waals surface area (Å²) in [6, 6.07) is 85.1. The minimum absolute atomic E-state index is 1.09. The molecule has 0 fully saturated rings. The smallest absolute Gasteiger partial charge is 0.0540 e. The van der Waals surface area contributed by atoms with Crippen LogP contribution in [-0.2, 0) is 0 Å². The summed E-state index contributed by atoms with van der Waals surface area (Å²) in [7, 11) is 0. The van der Waals surface area contributed by atoms with E-state index in [1.54, 1.807) is 0 Å². The summed E-state index contributed by atoms with van der Waals surface area (Å²) < 4.78 is 0. The lowest BCUT2D eigenvalue weighted by molar-refractivity contribution is 1.28. The predicted octanol–water partition coefficient (Wildman–Crippen LogP) is 15.2. The fraction of sp³-hybridized carbons (Fsp3) is 0. The van der Waals surface area contributed by atoms with Gasteiger partial charge < -0.3 is 4.90 Å². The number of hydrogen-bond donors (Lipinski definition) is 0. The Morgan fingerprint density at radius 1 is 0.200 bits per heavy atom.